The third-order valence-electron chi connectivity index (χ3n) is 0.326. The molecule has 3 N–H and O–H groups in total. The molecule has 0 saturated heterocycles. The molecular weight excluding hydrogens is 160 g/mol. The molecule has 60 valence electrons. The van der Waals surface area contributed by atoms with Crippen LogP contribution < -0.4 is 0 Å². The number of hydrogen-bond donors (Lipinski definition) is 4. The third-order valence-corrected chi connectivity index (χ3v) is 0.549. The Hall–Kier alpha value is -0.910. The Bertz CT molecular complexity index is 108. The van der Waals surface area contributed by atoms with Gasteiger partial charge in [-0.3, -0.25) is 4.79 Å². The molecule has 0 fully saturated rings. The molecule has 0 unspecified atom stereocenters. The fourth-order valence-corrected chi connectivity index (χ4v) is 0.287. The summed E-state index contributed by atoms with van der Waals surface area (Å²) in [5, 5.41) is 21.8. The summed E-state index contributed by atoms with van der Waals surface area (Å²) < 4.78 is 0. The molecule has 0 aliphatic rings. The molecule has 0 aliphatic carbocycles. The number of hydrogen-bond acceptors (Lipinski definition) is 3. The molecular formula is C4H8O5S. The zero-order valence-electron chi connectivity index (χ0n) is 5.02. The molecule has 10 heavy (non-hydrogen) atoms. The van der Waals surface area contributed by atoms with Crippen LogP contribution >= 0.6 is 12.6 Å². The largest absolute Gasteiger partial charge is 0.503 e. The Balaban J connectivity index is 0. The maximum atomic E-state index is 9.55. The fourth-order valence-electron chi connectivity index (χ4n) is 0.0956. The minimum Gasteiger partial charge on any atom is -0.481 e. The van der Waals surface area contributed by atoms with Crippen molar-refractivity contribution in [2.75, 3.05) is 5.75 Å². The van der Waals surface area contributed by atoms with Gasteiger partial charge in [0.1, 0.15) is 0 Å². The minimum absolute atomic E-state index is 0.156. The van der Waals surface area contributed by atoms with E-state index in [4.69, 9.17) is 20.1 Å². The molecule has 5 nitrogen and oxygen atoms in total. The van der Waals surface area contributed by atoms with Gasteiger partial charge in [0.05, 0.1) is 6.42 Å². The van der Waals surface area contributed by atoms with Crippen molar-refractivity contribution in [2.24, 2.45) is 0 Å². The maximum Gasteiger partial charge on any atom is 0.503 e. The third kappa shape index (κ3) is 60.2. The van der Waals surface area contributed by atoms with E-state index in [1.807, 2.05) is 0 Å². The average molecular weight is 168 g/mol. The van der Waals surface area contributed by atoms with Gasteiger partial charge in [-0.25, -0.2) is 4.79 Å². The van der Waals surface area contributed by atoms with E-state index in [0.29, 0.717) is 5.75 Å². The van der Waals surface area contributed by atoms with Gasteiger partial charge in [0.25, 0.3) is 0 Å². The molecule has 0 aromatic heterocycles. The number of carboxylic acids is 1. The van der Waals surface area contributed by atoms with Crippen LogP contribution in [0.1, 0.15) is 6.42 Å². The first-order valence-electron chi connectivity index (χ1n) is 2.25. The average Bonchev–Trinajstić information content (AvgIpc) is 1.62. The van der Waals surface area contributed by atoms with Crippen LogP contribution in [0.25, 0.3) is 0 Å². The van der Waals surface area contributed by atoms with Crippen LogP contribution in [-0.2, 0) is 4.79 Å². The highest BCUT2D eigenvalue weighted by Crippen LogP contribution is 1.79. The van der Waals surface area contributed by atoms with Gasteiger partial charge in [0, 0.05) is 5.75 Å². The molecule has 0 atom stereocenters. The van der Waals surface area contributed by atoms with Gasteiger partial charge in [0.2, 0.25) is 0 Å². The first-order valence-corrected chi connectivity index (χ1v) is 2.88. The second-order valence-electron chi connectivity index (χ2n) is 1.15. The van der Waals surface area contributed by atoms with Crippen molar-refractivity contribution in [3.63, 3.8) is 0 Å². The molecule has 0 saturated carbocycles. The highest BCUT2D eigenvalue weighted by atomic mass is 32.1. The number of carboxylic acid groups (broad SMARTS) is 3. The van der Waals surface area contributed by atoms with Crippen LogP contribution in [0.3, 0.4) is 0 Å². The van der Waals surface area contributed by atoms with Gasteiger partial charge in [-0.15, -0.1) is 0 Å². The van der Waals surface area contributed by atoms with Crippen molar-refractivity contribution in [2.45, 2.75) is 6.42 Å². The van der Waals surface area contributed by atoms with Gasteiger partial charge in [-0.05, 0) is 0 Å². The Morgan fingerprint density at radius 2 is 1.50 bits per heavy atom. The van der Waals surface area contributed by atoms with E-state index in [0.717, 1.165) is 0 Å². The summed E-state index contributed by atoms with van der Waals surface area (Å²) in [4.78, 5) is 18.1. The quantitative estimate of drug-likeness (QED) is 0.453. The van der Waals surface area contributed by atoms with Crippen LogP contribution in [0.4, 0.5) is 4.79 Å². The lowest BCUT2D eigenvalue weighted by Gasteiger charge is -1.79. The summed E-state index contributed by atoms with van der Waals surface area (Å²) in [6.45, 7) is 0. The van der Waals surface area contributed by atoms with Crippen LogP contribution in [-0.4, -0.2) is 33.2 Å². The highest BCUT2D eigenvalue weighted by molar-refractivity contribution is 7.80. The number of carbonyl (C=O) groups is 2. The van der Waals surface area contributed by atoms with Crippen molar-refractivity contribution in [1.82, 2.24) is 0 Å². The second kappa shape index (κ2) is 8.09. The van der Waals surface area contributed by atoms with Crippen LogP contribution in [0.15, 0.2) is 0 Å². The van der Waals surface area contributed by atoms with E-state index in [1.165, 1.54) is 0 Å². The molecule has 6 heteroatoms. The Morgan fingerprint density at radius 3 is 1.50 bits per heavy atom. The molecule has 0 aromatic rings. The van der Waals surface area contributed by atoms with Crippen molar-refractivity contribution < 1.29 is 24.9 Å². The van der Waals surface area contributed by atoms with Gasteiger partial charge < -0.3 is 15.3 Å². The SMILES string of the molecule is O=C(O)CCS.O=C(O)O. The van der Waals surface area contributed by atoms with E-state index in [9.17, 15) is 4.79 Å². The summed E-state index contributed by atoms with van der Waals surface area (Å²) in [5.41, 5.74) is 0. The fraction of sp³-hybridized carbons (Fsp3) is 0.500. The Kier molecular flexibility index (Phi) is 9.57. The molecule has 0 bridgehead atoms. The zero-order valence-corrected chi connectivity index (χ0v) is 5.91. The predicted octanol–water partition coefficient (Wildman–Crippen LogP) is 0.613. The van der Waals surface area contributed by atoms with E-state index in [-0.39, 0.29) is 6.42 Å². The van der Waals surface area contributed by atoms with Gasteiger partial charge in [0.15, 0.2) is 0 Å². The molecule has 0 aromatic carbocycles. The van der Waals surface area contributed by atoms with Crippen LogP contribution in [0.2, 0.25) is 0 Å². The second-order valence-corrected chi connectivity index (χ2v) is 1.60. The van der Waals surface area contributed by atoms with Crippen molar-refractivity contribution >= 4 is 24.8 Å². The summed E-state index contributed by atoms with van der Waals surface area (Å²) in [6.07, 6.45) is -1.68. The molecule has 0 radical (unpaired) electrons. The van der Waals surface area contributed by atoms with Crippen molar-refractivity contribution in [3.8, 4) is 0 Å². The smallest absolute Gasteiger partial charge is 0.481 e. The summed E-state index contributed by atoms with van der Waals surface area (Å²) in [5.74, 6) is -0.361. The summed E-state index contributed by atoms with van der Waals surface area (Å²) >= 11 is 3.68. The molecule has 0 spiro atoms. The van der Waals surface area contributed by atoms with Crippen molar-refractivity contribution in [1.29, 1.82) is 0 Å². The summed E-state index contributed by atoms with van der Waals surface area (Å²) in [7, 11) is 0. The topological polar surface area (TPSA) is 94.8 Å². The minimum atomic E-state index is -1.83. The van der Waals surface area contributed by atoms with Gasteiger partial charge in [-0.1, -0.05) is 0 Å². The van der Waals surface area contributed by atoms with E-state index in [1.54, 1.807) is 0 Å². The predicted molar refractivity (Wildman–Crippen MR) is 36.8 cm³/mol. The normalized spacial score (nSPS) is 7.30. The molecule has 0 amide bonds. The monoisotopic (exact) mass is 168 g/mol. The first-order chi connectivity index (χ1) is 4.50. The number of thiol groups is 1. The van der Waals surface area contributed by atoms with E-state index >= 15 is 0 Å². The van der Waals surface area contributed by atoms with E-state index in [2.05, 4.69) is 12.6 Å². The Morgan fingerprint density at radius 1 is 1.20 bits per heavy atom. The van der Waals surface area contributed by atoms with Gasteiger partial charge >= 0.3 is 12.1 Å². The molecule has 0 heterocycles. The zero-order chi connectivity index (χ0) is 8.57. The lowest BCUT2D eigenvalue weighted by molar-refractivity contribution is -0.136. The van der Waals surface area contributed by atoms with Crippen molar-refractivity contribution in [3.05, 3.63) is 0 Å². The van der Waals surface area contributed by atoms with E-state index < -0.39 is 12.1 Å². The molecule has 0 rings (SSSR count). The van der Waals surface area contributed by atoms with Crippen LogP contribution in [0.5, 0.6) is 0 Å². The van der Waals surface area contributed by atoms with Gasteiger partial charge in [-0.2, -0.15) is 12.6 Å². The lowest BCUT2D eigenvalue weighted by atomic mass is 10.5. The maximum absolute atomic E-state index is 9.55. The standard InChI is InChI=1S/C3H6O2S.CH2O3/c4-3(5)1-2-6;2-1(3)4/h6H,1-2H2,(H,4,5);(H2,2,3,4). The molecule has 0 aliphatic heterocycles. The number of aliphatic carboxylic acids is 1. The summed E-state index contributed by atoms with van der Waals surface area (Å²) in [6, 6.07) is 0. The first kappa shape index (κ1) is 11.8. The highest BCUT2D eigenvalue weighted by Gasteiger charge is 1.88. The van der Waals surface area contributed by atoms with Crippen LogP contribution in [0, 0.1) is 0 Å². The lowest BCUT2D eigenvalue weighted by Crippen LogP contribution is -1.93. The number of rotatable bonds is 2. The Labute approximate surface area is 62.7 Å².